The molecule has 1 saturated heterocycles. The zero-order valence-electron chi connectivity index (χ0n) is 17.6. The van der Waals surface area contributed by atoms with E-state index in [0.717, 1.165) is 10.5 Å². The maximum atomic E-state index is 13.3. The molecule has 0 radical (unpaired) electrons. The first-order valence-corrected chi connectivity index (χ1v) is 10.1. The predicted molar refractivity (Wildman–Crippen MR) is 113 cm³/mol. The molecule has 0 saturated carbocycles. The van der Waals surface area contributed by atoms with Crippen molar-refractivity contribution in [2.24, 2.45) is 0 Å². The second-order valence-electron chi connectivity index (χ2n) is 7.20. The van der Waals surface area contributed by atoms with Crippen molar-refractivity contribution in [1.82, 2.24) is 15.1 Å². The van der Waals surface area contributed by atoms with Crippen LogP contribution < -0.4 is 10.1 Å². The molecule has 0 unspecified atom stereocenters. The fourth-order valence-electron chi connectivity index (χ4n) is 3.70. The van der Waals surface area contributed by atoms with Crippen molar-refractivity contribution in [3.63, 3.8) is 0 Å². The molecule has 2 aromatic rings. The molecule has 0 aromatic heterocycles. The highest BCUT2D eigenvalue weighted by Crippen LogP contribution is 2.33. The average Bonchev–Trinajstić information content (AvgIpc) is 3.03. The van der Waals surface area contributed by atoms with Gasteiger partial charge in [-0.1, -0.05) is 49.4 Å². The summed E-state index contributed by atoms with van der Waals surface area (Å²) in [6.07, 6.45) is 0.371. The van der Waals surface area contributed by atoms with E-state index in [-0.39, 0.29) is 12.5 Å². The van der Waals surface area contributed by atoms with Gasteiger partial charge < -0.3 is 15.0 Å². The van der Waals surface area contributed by atoms with Crippen molar-refractivity contribution in [1.29, 1.82) is 0 Å². The van der Waals surface area contributed by atoms with Crippen LogP contribution in [0, 0.1) is 0 Å². The van der Waals surface area contributed by atoms with E-state index >= 15 is 0 Å². The van der Waals surface area contributed by atoms with E-state index in [0.29, 0.717) is 30.8 Å². The number of imide groups is 1. The lowest BCUT2D eigenvalue weighted by atomic mass is 9.87. The topological polar surface area (TPSA) is 79.0 Å². The zero-order chi connectivity index (χ0) is 21.7. The van der Waals surface area contributed by atoms with Gasteiger partial charge in [0.15, 0.2) is 0 Å². The van der Waals surface area contributed by atoms with E-state index in [4.69, 9.17) is 4.74 Å². The average molecular weight is 409 g/mol. The van der Waals surface area contributed by atoms with E-state index in [1.807, 2.05) is 44.2 Å². The van der Waals surface area contributed by atoms with Crippen molar-refractivity contribution >= 4 is 17.8 Å². The normalized spacial score (nSPS) is 18.3. The van der Waals surface area contributed by atoms with Crippen LogP contribution >= 0.6 is 0 Å². The Morgan fingerprint density at radius 1 is 1.07 bits per heavy atom. The first kappa shape index (κ1) is 21.4. The van der Waals surface area contributed by atoms with Crippen LogP contribution in [0.5, 0.6) is 5.75 Å². The van der Waals surface area contributed by atoms with Gasteiger partial charge in [0, 0.05) is 13.1 Å². The SMILES string of the molecule is CCN(Cc1ccccc1)C(=O)CN1C(=O)N[C@@](CC)(c2ccc(OC)cc2)C1=O. The Bertz CT molecular complexity index is 914. The minimum Gasteiger partial charge on any atom is -0.497 e. The second kappa shape index (κ2) is 8.98. The summed E-state index contributed by atoms with van der Waals surface area (Å²) in [6.45, 7) is 4.33. The van der Waals surface area contributed by atoms with Gasteiger partial charge in [0.2, 0.25) is 5.91 Å². The number of hydrogen-bond donors (Lipinski definition) is 1. The molecule has 7 nitrogen and oxygen atoms in total. The highest BCUT2D eigenvalue weighted by atomic mass is 16.5. The fourth-order valence-corrected chi connectivity index (χ4v) is 3.70. The van der Waals surface area contributed by atoms with E-state index < -0.39 is 17.5 Å². The third-order valence-electron chi connectivity index (χ3n) is 5.53. The number of methoxy groups -OCH3 is 1. The van der Waals surface area contributed by atoms with Gasteiger partial charge in [0.25, 0.3) is 5.91 Å². The van der Waals surface area contributed by atoms with Crippen LogP contribution in [0.1, 0.15) is 31.4 Å². The Morgan fingerprint density at radius 2 is 1.73 bits per heavy atom. The van der Waals surface area contributed by atoms with Gasteiger partial charge in [-0.25, -0.2) is 4.79 Å². The lowest BCUT2D eigenvalue weighted by molar-refractivity contribution is -0.139. The summed E-state index contributed by atoms with van der Waals surface area (Å²) >= 11 is 0. The Morgan fingerprint density at radius 3 is 2.30 bits per heavy atom. The van der Waals surface area contributed by atoms with E-state index in [2.05, 4.69) is 5.32 Å². The number of rotatable bonds is 8. The van der Waals surface area contributed by atoms with Crippen LogP contribution in [0.15, 0.2) is 54.6 Å². The van der Waals surface area contributed by atoms with E-state index in [1.165, 1.54) is 0 Å². The molecule has 1 aliphatic rings. The third kappa shape index (κ3) is 4.01. The molecule has 1 heterocycles. The van der Waals surface area contributed by atoms with Gasteiger partial charge in [0.1, 0.15) is 17.8 Å². The molecule has 0 bridgehead atoms. The van der Waals surface area contributed by atoms with E-state index in [1.54, 1.807) is 36.3 Å². The zero-order valence-corrected chi connectivity index (χ0v) is 17.6. The summed E-state index contributed by atoms with van der Waals surface area (Å²) in [5, 5.41) is 2.81. The van der Waals surface area contributed by atoms with Gasteiger partial charge in [-0.3, -0.25) is 14.5 Å². The van der Waals surface area contributed by atoms with Gasteiger partial charge in [-0.15, -0.1) is 0 Å². The molecule has 1 aliphatic heterocycles. The lowest BCUT2D eigenvalue weighted by Gasteiger charge is -2.27. The van der Waals surface area contributed by atoms with Crippen LogP contribution in [0.2, 0.25) is 0 Å². The van der Waals surface area contributed by atoms with Crippen LogP contribution in [-0.2, 0) is 21.7 Å². The number of nitrogens with one attached hydrogen (secondary N) is 1. The van der Waals surface area contributed by atoms with Crippen molar-refractivity contribution in [2.75, 3.05) is 20.2 Å². The van der Waals surface area contributed by atoms with Gasteiger partial charge in [-0.2, -0.15) is 0 Å². The van der Waals surface area contributed by atoms with Crippen LogP contribution in [0.3, 0.4) is 0 Å². The quantitative estimate of drug-likeness (QED) is 0.680. The molecule has 1 N–H and O–H groups in total. The van der Waals surface area contributed by atoms with Gasteiger partial charge >= 0.3 is 6.03 Å². The molecule has 30 heavy (non-hydrogen) atoms. The first-order chi connectivity index (χ1) is 14.4. The predicted octanol–water partition coefficient (Wildman–Crippen LogP) is 2.90. The summed E-state index contributed by atoms with van der Waals surface area (Å²) in [4.78, 5) is 41.5. The van der Waals surface area contributed by atoms with E-state index in [9.17, 15) is 14.4 Å². The van der Waals surface area contributed by atoms with Crippen molar-refractivity contribution in [3.05, 3.63) is 65.7 Å². The summed E-state index contributed by atoms with van der Waals surface area (Å²) in [5.74, 6) is -0.0240. The number of urea groups is 1. The molecule has 0 aliphatic carbocycles. The Balaban J connectivity index is 1.78. The third-order valence-corrected chi connectivity index (χ3v) is 5.53. The number of amides is 4. The fraction of sp³-hybridized carbons (Fsp3) is 0.348. The molecule has 0 spiro atoms. The number of hydrogen-bond acceptors (Lipinski definition) is 4. The number of benzene rings is 2. The first-order valence-electron chi connectivity index (χ1n) is 10.1. The minimum absolute atomic E-state index is 0.272. The summed E-state index contributed by atoms with van der Waals surface area (Å²) in [6, 6.07) is 16.1. The number of carbonyl (C=O) groups is 3. The highest BCUT2D eigenvalue weighted by Gasteiger charge is 2.51. The Kier molecular flexibility index (Phi) is 6.40. The highest BCUT2D eigenvalue weighted by molar-refractivity contribution is 6.09. The summed E-state index contributed by atoms with van der Waals surface area (Å²) in [5.41, 5.74) is 0.474. The van der Waals surface area contributed by atoms with Crippen molar-refractivity contribution in [3.8, 4) is 5.75 Å². The molecule has 1 fully saturated rings. The van der Waals surface area contributed by atoms with Gasteiger partial charge in [-0.05, 0) is 36.6 Å². The maximum Gasteiger partial charge on any atom is 0.325 e. The van der Waals surface area contributed by atoms with Gasteiger partial charge in [0.05, 0.1) is 7.11 Å². The molecule has 4 amide bonds. The molecule has 158 valence electrons. The molecule has 2 aromatic carbocycles. The minimum atomic E-state index is -1.18. The molecule has 7 heteroatoms. The Labute approximate surface area is 176 Å². The maximum absolute atomic E-state index is 13.3. The second-order valence-corrected chi connectivity index (χ2v) is 7.20. The molecule has 1 atom stereocenters. The number of likely N-dealkylation sites (N-methyl/N-ethyl adjacent to an activating group) is 1. The molecule has 3 rings (SSSR count). The number of nitrogens with zero attached hydrogens (tertiary/aromatic N) is 2. The van der Waals surface area contributed by atoms with Crippen molar-refractivity contribution in [2.45, 2.75) is 32.4 Å². The molecular weight excluding hydrogens is 382 g/mol. The summed E-state index contributed by atoms with van der Waals surface area (Å²) in [7, 11) is 1.56. The van der Waals surface area contributed by atoms with Crippen molar-refractivity contribution < 1.29 is 19.1 Å². The smallest absolute Gasteiger partial charge is 0.325 e. The van der Waals surface area contributed by atoms with Crippen LogP contribution in [0.4, 0.5) is 4.79 Å². The lowest BCUT2D eigenvalue weighted by Crippen LogP contribution is -2.45. The standard InChI is InChI=1S/C23H27N3O4/c1-4-23(18-11-13-19(30-3)14-12-18)21(28)26(22(29)24-23)16-20(27)25(5-2)15-17-9-7-6-8-10-17/h6-14H,4-5,15-16H2,1-3H3,(H,24,29)/t23-/m0/s1. The van der Waals surface area contributed by atoms with Crippen LogP contribution in [-0.4, -0.2) is 47.8 Å². The monoisotopic (exact) mass is 409 g/mol. The Hall–Kier alpha value is -3.35. The number of ether oxygens (including phenoxy) is 1. The number of carbonyl (C=O) groups excluding carboxylic acids is 3. The largest absolute Gasteiger partial charge is 0.497 e. The van der Waals surface area contributed by atoms with Crippen LogP contribution in [0.25, 0.3) is 0 Å². The summed E-state index contributed by atoms with van der Waals surface area (Å²) < 4.78 is 5.17. The molecular formula is C23H27N3O4.